The first-order chi connectivity index (χ1) is 35.2. The van der Waals surface area contributed by atoms with Crippen LogP contribution < -0.4 is 4.74 Å². The van der Waals surface area contributed by atoms with Gasteiger partial charge in [0, 0.05) is 61.5 Å². The van der Waals surface area contributed by atoms with Gasteiger partial charge in [-0.15, -0.1) is 0 Å². The number of hydrogen-bond acceptors (Lipinski definition) is 4. The van der Waals surface area contributed by atoms with Crippen molar-refractivity contribution in [2.24, 2.45) is 0 Å². The Morgan fingerprint density at radius 2 is 0.789 bits per heavy atom. The first-order valence-corrected chi connectivity index (χ1v) is 24.1. The van der Waals surface area contributed by atoms with Crippen molar-refractivity contribution in [3.05, 3.63) is 253 Å². The molecule has 14 aromatic rings. The average Bonchev–Trinajstić information content (AvgIpc) is 4.16. The van der Waals surface area contributed by atoms with E-state index in [1.165, 1.54) is 26.9 Å². The van der Waals surface area contributed by atoms with Crippen LogP contribution >= 0.6 is 0 Å². The monoisotopic (exact) mass is 906 g/mol. The lowest BCUT2D eigenvalue weighted by Crippen LogP contribution is -2.32. The lowest BCUT2D eigenvalue weighted by Gasteiger charge is -2.39. The normalized spacial score (nSPS) is 13.3. The maximum absolute atomic E-state index is 7.16. The second-order valence-corrected chi connectivity index (χ2v) is 18.8. The van der Waals surface area contributed by atoms with E-state index in [9.17, 15) is 0 Å². The Morgan fingerprint density at radius 1 is 0.324 bits per heavy atom. The number of fused-ring (bicyclic) bond motifs is 18. The van der Waals surface area contributed by atoms with Gasteiger partial charge >= 0.3 is 0 Å². The molecule has 2 aliphatic rings. The molecule has 16 rings (SSSR count). The molecule has 0 radical (unpaired) electrons. The van der Waals surface area contributed by atoms with Crippen molar-refractivity contribution in [2.45, 2.75) is 5.41 Å². The first-order valence-electron chi connectivity index (χ1n) is 24.1. The molecule has 1 aliphatic heterocycles. The molecule has 6 aromatic heterocycles. The van der Waals surface area contributed by atoms with E-state index in [0.717, 1.165) is 112 Å². The summed E-state index contributed by atoms with van der Waals surface area (Å²) in [7, 11) is 0. The highest BCUT2D eigenvalue weighted by Crippen LogP contribution is 2.62. The van der Waals surface area contributed by atoms with Gasteiger partial charge in [-0.2, -0.15) is 0 Å². The highest BCUT2D eigenvalue weighted by atomic mass is 16.5. The fourth-order valence-corrected chi connectivity index (χ4v) is 12.4. The van der Waals surface area contributed by atoms with Crippen molar-refractivity contribution in [1.82, 2.24) is 28.7 Å². The van der Waals surface area contributed by atoms with Gasteiger partial charge in [0.05, 0.1) is 73.7 Å². The number of aromatic nitrogens is 6. The third kappa shape index (κ3) is 5.13. The number of pyridine rings is 3. The smallest absolute Gasteiger partial charge is 0.132 e. The highest BCUT2D eigenvalue weighted by Gasteiger charge is 2.52. The Hall–Kier alpha value is -9.59. The zero-order valence-corrected chi connectivity index (χ0v) is 38.0. The second kappa shape index (κ2) is 14.2. The van der Waals surface area contributed by atoms with Crippen molar-refractivity contribution in [1.29, 1.82) is 0 Å². The van der Waals surface area contributed by atoms with E-state index in [1.54, 1.807) is 0 Å². The van der Waals surface area contributed by atoms with E-state index in [1.807, 2.05) is 24.8 Å². The van der Waals surface area contributed by atoms with Crippen LogP contribution in [0.3, 0.4) is 0 Å². The fourth-order valence-electron chi connectivity index (χ4n) is 12.4. The molecule has 0 fully saturated rings. The van der Waals surface area contributed by atoms with E-state index in [-0.39, 0.29) is 0 Å². The van der Waals surface area contributed by atoms with Gasteiger partial charge in [0.1, 0.15) is 11.5 Å². The summed E-state index contributed by atoms with van der Waals surface area (Å²) in [5.41, 5.74) is 17.4. The molecule has 1 spiro atoms. The fraction of sp³-hybridized carbons (Fsp3) is 0.0156. The van der Waals surface area contributed by atoms with E-state index < -0.39 is 5.41 Å². The van der Waals surface area contributed by atoms with E-state index in [4.69, 9.17) is 19.7 Å². The molecule has 0 amide bonds. The van der Waals surface area contributed by atoms with Crippen LogP contribution in [0.4, 0.5) is 0 Å². The highest BCUT2D eigenvalue weighted by molar-refractivity contribution is 6.12. The number of nitrogens with zero attached hydrogens (tertiary/aromatic N) is 6. The van der Waals surface area contributed by atoms with E-state index in [2.05, 4.69) is 220 Å². The van der Waals surface area contributed by atoms with Gasteiger partial charge < -0.3 is 18.4 Å². The Balaban J connectivity index is 0.866. The molecule has 0 atom stereocenters. The predicted molar refractivity (Wildman–Crippen MR) is 286 cm³/mol. The third-order valence-corrected chi connectivity index (χ3v) is 15.3. The summed E-state index contributed by atoms with van der Waals surface area (Å²) in [6.45, 7) is 0. The van der Waals surface area contributed by atoms with Gasteiger partial charge in [0.25, 0.3) is 0 Å². The molecule has 8 aromatic carbocycles. The van der Waals surface area contributed by atoms with Crippen LogP contribution in [0.5, 0.6) is 11.5 Å². The standard InChI is InChI=1S/C64H38N6O/c1-6-20-54-44(13-1)45-14-2-7-21-55(45)68(54)41-27-30-60-53(36-41)64(51-18-11-31-66-62(51)63-52(64)19-12-32-67-63)50-28-25-40(34-61(50)71-60)39-26-29-59-49(33-39)48-17-5-10-24-58(48)70(59)43-35-42(37-65-38-43)69-56-22-8-3-15-46(56)47-16-4-9-23-57(47)69/h1-38H. The van der Waals surface area contributed by atoms with Crippen molar-refractivity contribution < 1.29 is 4.74 Å². The minimum atomic E-state index is -0.747. The number of benzene rings is 8. The largest absolute Gasteiger partial charge is 0.457 e. The summed E-state index contributed by atoms with van der Waals surface area (Å²) in [6.07, 6.45) is 7.69. The lowest BCUT2D eigenvalue weighted by molar-refractivity contribution is 0.436. The Morgan fingerprint density at radius 3 is 1.34 bits per heavy atom. The summed E-state index contributed by atoms with van der Waals surface area (Å²) in [5, 5.41) is 7.22. The van der Waals surface area contributed by atoms with Crippen molar-refractivity contribution in [3.8, 4) is 51.1 Å². The van der Waals surface area contributed by atoms with Gasteiger partial charge in [0.2, 0.25) is 0 Å². The number of rotatable bonds is 4. The van der Waals surface area contributed by atoms with Crippen LogP contribution in [-0.4, -0.2) is 28.7 Å². The van der Waals surface area contributed by atoms with Gasteiger partial charge in [-0.05, 0) is 107 Å². The zero-order chi connectivity index (χ0) is 46.4. The van der Waals surface area contributed by atoms with Gasteiger partial charge in [-0.3, -0.25) is 15.0 Å². The van der Waals surface area contributed by atoms with Gasteiger partial charge in [0.15, 0.2) is 0 Å². The molecule has 71 heavy (non-hydrogen) atoms. The quantitative estimate of drug-likeness (QED) is 0.176. The first kappa shape index (κ1) is 38.4. The van der Waals surface area contributed by atoms with Crippen molar-refractivity contribution in [2.75, 3.05) is 0 Å². The molecule has 330 valence electrons. The molecule has 1 aliphatic carbocycles. The molecule has 7 heterocycles. The Labute approximate surface area is 406 Å². The van der Waals surface area contributed by atoms with Crippen LogP contribution in [-0.2, 0) is 5.41 Å². The molecule has 0 unspecified atom stereocenters. The molecule has 7 nitrogen and oxygen atoms in total. The summed E-state index contributed by atoms with van der Waals surface area (Å²) >= 11 is 0. The van der Waals surface area contributed by atoms with Gasteiger partial charge in [-0.25, -0.2) is 0 Å². The van der Waals surface area contributed by atoms with Crippen molar-refractivity contribution >= 4 is 65.4 Å². The second-order valence-electron chi connectivity index (χ2n) is 18.8. The van der Waals surface area contributed by atoms with Crippen LogP contribution in [0.2, 0.25) is 0 Å². The molecule has 0 N–H and O–H groups in total. The van der Waals surface area contributed by atoms with Crippen LogP contribution in [0.25, 0.3) is 105 Å². The molecule has 0 bridgehead atoms. The van der Waals surface area contributed by atoms with Crippen LogP contribution in [0, 0.1) is 0 Å². The van der Waals surface area contributed by atoms with E-state index >= 15 is 0 Å². The lowest BCUT2D eigenvalue weighted by atomic mass is 9.66. The summed E-state index contributed by atoms with van der Waals surface area (Å²) in [4.78, 5) is 14.9. The summed E-state index contributed by atoms with van der Waals surface area (Å²) < 4.78 is 14.2. The minimum absolute atomic E-state index is 0.747. The maximum atomic E-state index is 7.16. The molecule has 7 heteroatoms. The van der Waals surface area contributed by atoms with Gasteiger partial charge in [-0.1, -0.05) is 121 Å². The number of para-hydroxylation sites is 5. The molecule has 0 saturated carbocycles. The van der Waals surface area contributed by atoms with Crippen LogP contribution in [0.15, 0.2) is 231 Å². The Kier molecular flexibility index (Phi) is 7.69. The minimum Gasteiger partial charge on any atom is -0.457 e. The zero-order valence-electron chi connectivity index (χ0n) is 38.0. The molecular weight excluding hydrogens is 869 g/mol. The van der Waals surface area contributed by atoms with Crippen molar-refractivity contribution in [3.63, 3.8) is 0 Å². The van der Waals surface area contributed by atoms with E-state index in [0.29, 0.717) is 0 Å². The van der Waals surface area contributed by atoms with Crippen LogP contribution in [0.1, 0.15) is 22.3 Å². The predicted octanol–water partition coefficient (Wildman–Crippen LogP) is 15.3. The number of hydrogen-bond donors (Lipinski definition) is 0. The SMILES string of the molecule is c1cnc2c(c1)C1(c3ccc(-c4ccc5c(c4)c4ccccc4n5-c4cncc(-n5c6ccccc6c6ccccc65)c4)cc3Oc3ccc(-n4c5ccccc5c5ccccc54)cc31)c1cccnc1-2. The third-order valence-electron chi connectivity index (χ3n) is 15.3. The summed E-state index contributed by atoms with van der Waals surface area (Å²) in [5.74, 6) is 1.61. The Bertz CT molecular complexity index is 4440. The summed E-state index contributed by atoms with van der Waals surface area (Å²) in [6, 6.07) is 74.3. The number of ether oxygens (including phenoxy) is 1. The maximum Gasteiger partial charge on any atom is 0.132 e. The average molecular weight is 907 g/mol. The molecule has 0 saturated heterocycles. The molecular formula is C64H38N6O. The topological polar surface area (TPSA) is 62.7 Å².